The molecular weight excluding hydrogens is 316 g/mol. The zero-order chi connectivity index (χ0) is 17.2. The number of fused-ring (bicyclic) bond motifs is 1. The smallest absolute Gasteiger partial charge is 0.256 e. The van der Waals surface area contributed by atoms with Gasteiger partial charge in [-0.15, -0.1) is 0 Å². The fourth-order valence-corrected chi connectivity index (χ4v) is 3.17. The van der Waals surface area contributed by atoms with Crippen LogP contribution in [-0.2, 0) is 4.74 Å². The Balaban J connectivity index is 1.55. The first-order valence-corrected chi connectivity index (χ1v) is 8.39. The number of hydrogen-bond donors (Lipinski definition) is 1. The molecule has 2 aromatic heterocycles. The molecule has 1 saturated heterocycles. The highest BCUT2D eigenvalue weighted by Gasteiger charge is 2.15. The summed E-state index contributed by atoms with van der Waals surface area (Å²) in [6, 6.07) is 11.5. The molecule has 1 aromatic carbocycles. The lowest BCUT2D eigenvalue weighted by atomic mass is 10.1. The Labute approximate surface area is 146 Å². The summed E-state index contributed by atoms with van der Waals surface area (Å²) in [6.07, 6.45) is 3.55. The molecule has 4 rings (SSSR count). The summed E-state index contributed by atoms with van der Waals surface area (Å²) in [4.78, 5) is 19.2. The van der Waals surface area contributed by atoms with Crippen molar-refractivity contribution in [3.8, 4) is 0 Å². The van der Waals surface area contributed by atoms with Crippen molar-refractivity contribution in [3.05, 3.63) is 59.9 Å². The van der Waals surface area contributed by atoms with Gasteiger partial charge in [0.1, 0.15) is 11.5 Å². The lowest BCUT2D eigenvalue weighted by Gasteiger charge is -2.30. The minimum absolute atomic E-state index is 0.137. The Morgan fingerprint density at radius 1 is 1.20 bits per heavy atom. The monoisotopic (exact) mass is 336 g/mol. The molecule has 0 spiro atoms. The van der Waals surface area contributed by atoms with Crippen LogP contribution in [0.1, 0.15) is 15.9 Å². The second-order valence-corrected chi connectivity index (χ2v) is 6.13. The fraction of sp³-hybridized carbons (Fsp3) is 0.263. The normalized spacial score (nSPS) is 14.7. The maximum atomic E-state index is 12.6. The van der Waals surface area contributed by atoms with Crippen LogP contribution in [0.2, 0.25) is 0 Å². The third kappa shape index (κ3) is 3.08. The van der Waals surface area contributed by atoms with E-state index in [1.165, 1.54) is 0 Å². The van der Waals surface area contributed by atoms with E-state index < -0.39 is 0 Å². The molecule has 6 heteroatoms. The molecule has 1 aliphatic heterocycles. The van der Waals surface area contributed by atoms with Crippen molar-refractivity contribution in [2.45, 2.75) is 6.92 Å². The molecule has 0 saturated carbocycles. The van der Waals surface area contributed by atoms with Crippen LogP contribution >= 0.6 is 0 Å². The first-order valence-electron chi connectivity index (χ1n) is 8.39. The number of ether oxygens (including phenoxy) is 1. The van der Waals surface area contributed by atoms with Crippen molar-refractivity contribution in [3.63, 3.8) is 0 Å². The van der Waals surface area contributed by atoms with E-state index in [-0.39, 0.29) is 5.91 Å². The second kappa shape index (κ2) is 6.57. The third-order valence-corrected chi connectivity index (χ3v) is 4.47. The topological polar surface area (TPSA) is 58.9 Å². The Bertz CT molecular complexity index is 913. The van der Waals surface area contributed by atoms with Crippen LogP contribution in [0.25, 0.3) is 5.65 Å². The van der Waals surface area contributed by atoms with Crippen LogP contribution in [0.4, 0.5) is 11.5 Å². The molecule has 0 radical (unpaired) electrons. The standard InChI is InChI=1S/C19H20N4O2/c1-14-12-15(5-6-16(14)22-8-10-25-11-9-22)19(24)21-18-13-20-17-4-2-3-7-23(17)18/h2-7,12-13H,8-11H2,1H3,(H,21,24). The fourth-order valence-electron chi connectivity index (χ4n) is 3.17. The Hall–Kier alpha value is -2.86. The molecule has 1 amide bonds. The Morgan fingerprint density at radius 3 is 2.84 bits per heavy atom. The highest BCUT2D eigenvalue weighted by atomic mass is 16.5. The van der Waals surface area contributed by atoms with Crippen LogP contribution in [0.5, 0.6) is 0 Å². The van der Waals surface area contributed by atoms with Gasteiger partial charge in [-0.25, -0.2) is 4.98 Å². The first-order chi connectivity index (χ1) is 12.2. The summed E-state index contributed by atoms with van der Waals surface area (Å²) in [7, 11) is 0. The highest BCUT2D eigenvalue weighted by molar-refractivity contribution is 6.04. The predicted molar refractivity (Wildman–Crippen MR) is 97.4 cm³/mol. The van der Waals surface area contributed by atoms with Gasteiger partial charge in [0.25, 0.3) is 5.91 Å². The van der Waals surface area contributed by atoms with Gasteiger partial charge in [-0.3, -0.25) is 9.20 Å². The molecule has 128 valence electrons. The number of amides is 1. The van der Waals surface area contributed by atoms with E-state index in [0.717, 1.165) is 43.2 Å². The van der Waals surface area contributed by atoms with E-state index in [0.29, 0.717) is 11.4 Å². The van der Waals surface area contributed by atoms with E-state index in [4.69, 9.17) is 4.74 Å². The third-order valence-electron chi connectivity index (χ3n) is 4.47. The summed E-state index contributed by atoms with van der Waals surface area (Å²) in [5.74, 6) is 0.526. The zero-order valence-corrected chi connectivity index (χ0v) is 14.1. The van der Waals surface area contributed by atoms with Crippen molar-refractivity contribution in [2.75, 3.05) is 36.5 Å². The van der Waals surface area contributed by atoms with Crippen LogP contribution in [-0.4, -0.2) is 41.6 Å². The molecule has 0 unspecified atom stereocenters. The first kappa shape index (κ1) is 15.7. The number of nitrogens with one attached hydrogen (secondary N) is 1. The number of carbonyl (C=O) groups excluding carboxylic acids is 1. The zero-order valence-electron chi connectivity index (χ0n) is 14.1. The van der Waals surface area contributed by atoms with E-state index in [1.54, 1.807) is 6.20 Å². The minimum atomic E-state index is -0.137. The highest BCUT2D eigenvalue weighted by Crippen LogP contribution is 2.23. The summed E-state index contributed by atoms with van der Waals surface area (Å²) in [6.45, 7) is 5.30. The van der Waals surface area contributed by atoms with Gasteiger partial charge in [0.15, 0.2) is 0 Å². The summed E-state index contributed by atoms with van der Waals surface area (Å²) in [5, 5.41) is 2.94. The van der Waals surface area contributed by atoms with Gasteiger partial charge in [0, 0.05) is 30.5 Å². The molecule has 1 fully saturated rings. The van der Waals surface area contributed by atoms with Gasteiger partial charge in [-0.05, 0) is 42.8 Å². The maximum Gasteiger partial charge on any atom is 0.256 e. The van der Waals surface area contributed by atoms with Crippen molar-refractivity contribution >= 4 is 23.1 Å². The van der Waals surface area contributed by atoms with Crippen LogP contribution in [0.15, 0.2) is 48.8 Å². The number of aromatic nitrogens is 2. The number of anilines is 2. The SMILES string of the molecule is Cc1cc(C(=O)Nc2cnc3ccccn23)ccc1N1CCOCC1. The van der Waals surface area contributed by atoms with Gasteiger partial charge in [-0.1, -0.05) is 6.07 Å². The van der Waals surface area contributed by atoms with Crippen molar-refractivity contribution in [1.82, 2.24) is 9.38 Å². The molecule has 3 aromatic rings. The van der Waals surface area contributed by atoms with Crippen molar-refractivity contribution in [1.29, 1.82) is 0 Å². The van der Waals surface area contributed by atoms with Crippen LogP contribution < -0.4 is 10.2 Å². The lowest BCUT2D eigenvalue weighted by Crippen LogP contribution is -2.36. The Kier molecular flexibility index (Phi) is 4.11. The van der Waals surface area contributed by atoms with E-state index in [1.807, 2.05) is 53.9 Å². The molecule has 0 aliphatic carbocycles. The van der Waals surface area contributed by atoms with Crippen molar-refractivity contribution < 1.29 is 9.53 Å². The molecule has 0 atom stereocenters. The molecule has 0 bridgehead atoms. The Morgan fingerprint density at radius 2 is 2.04 bits per heavy atom. The average molecular weight is 336 g/mol. The number of pyridine rings is 1. The van der Waals surface area contributed by atoms with Gasteiger partial charge < -0.3 is 15.0 Å². The second-order valence-electron chi connectivity index (χ2n) is 6.13. The maximum absolute atomic E-state index is 12.6. The summed E-state index contributed by atoms with van der Waals surface area (Å²) in [5.41, 5.74) is 3.69. The minimum Gasteiger partial charge on any atom is -0.378 e. The van der Waals surface area contributed by atoms with Crippen molar-refractivity contribution in [2.24, 2.45) is 0 Å². The van der Waals surface area contributed by atoms with Crippen LogP contribution in [0, 0.1) is 6.92 Å². The largest absolute Gasteiger partial charge is 0.378 e. The van der Waals surface area contributed by atoms with Gasteiger partial charge in [0.05, 0.1) is 19.4 Å². The van der Waals surface area contributed by atoms with E-state index in [9.17, 15) is 4.79 Å². The number of rotatable bonds is 3. The van der Waals surface area contributed by atoms with Gasteiger partial charge >= 0.3 is 0 Å². The number of nitrogens with zero attached hydrogens (tertiary/aromatic N) is 3. The predicted octanol–water partition coefficient (Wildman–Crippen LogP) is 2.73. The molecule has 25 heavy (non-hydrogen) atoms. The number of benzene rings is 1. The molecular formula is C19H20N4O2. The number of imidazole rings is 1. The molecule has 1 N–H and O–H groups in total. The number of morpholine rings is 1. The van der Waals surface area contributed by atoms with E-state index >= 15 is 0 Å². The summed E-state index contributed by atoms with van der Waals surface area (Å²) < 4.78 is 7.26. The van der Waals surface area contributed by atoms with Gasteiger partial charge in [0.2, 0.25) is 0 Å². The molecule has 3 heterocycles. The van der Waals surface area contributed by atoms with E-state index in [2.05, 4.69) is 15.2 Å². The average Bonchev–Trinajstić information content (AvgIpc) is 3.05. The lowest BCUT2D eigenvalue weighted by molar-refractivity contribution is 0.102. The quantitative estimate of drug-likeness (QED) is 0.799. The molecule has 6 nitrogen and oxygen atoms in total. The van der Waals surface area contributed by atoms with Crippen LogP contribution in [0.3, 0.4) is 0 Å². The number of hydrogen-bond acceptors (Lipinski definition) is 4. The van der Waals surface area contributed by atoms with Gasteiger partial charge in [-0.2, -0.15) is 0 Å². The summed E-state index contributed by atoms with van der Waals surface area (Å²) >= 11 is 0. The number of carbonyl (C=O) groups is 1. The molecule has 1 aliphatic rings. The number of aryl methyl sites for hydroxylation is 1.